The molecule has 8 heteroatoms. The number of carbonyl (C=O) groups is 1. The van der Waals surface area contributed by atoms with E-state index in [0.29, 0.717) is 0 Å². The van der Waals surface area contributed by atoms with E-state index in [0.717, 1.165) is 6.07 Å². The van der Waals surface area contributed by atoms with Crippen molar-refractivity contribution in [2.45, 2.75) is 39.3 Å². The molecule has 0 aliphatic rings. The summed E-state index contributed by atoms with van der Waals surface area (Å²) in [6, 6.07) is 3.68. The number of amides is 1. The summed E-state index contributed by atoms with van der Waals surface area (Å²) in [5.41, 5.74) is 0. The minimum absolute atomic E-state index is 0.0298. The number of hydrogen-bond acceptors (Lipinski definition) is 3. The Kier molecular flexibility index (Phi) is 5.88. The fraction of sp³-hybridized carbons (Fsp3) is 0.462. The minimum Gasteiger partial charge on any atom is -0.481 e. The molecule has 0 aliphatic carbocycles. The fourth-order valence-corrected chi connectivity index (χ4v) is 1.86. The van der Waals surface area contributed by atoms with Gasteiger partial charge >= 0.3 is 6.36 Å². The van der Waals surface area contributed by atoms with E-state index in [-0.39, 0.29) is 27.9 Å². The van der Waals surface area contributed by atoms with E-state index in [9.17, 15) is 18.0 Å². The Bertz CT molecular complexity index is 506. The van der Waals surface area contributed by atoms with Crippen LogP contribution in [0, 0.1) is 0 Å². The van der Waals surface area contributed by atoms with Crippen LogP contribution in [-0.2, 0) is 4.79 Å². The van der Waals surface area contributed by atoms with Crippen molar-refractivity contribution in [3.8, 4) is 11.5 Å². The van der Waals surface area contributed by atoms with E-state index in [4.69, 9.17) is 4.74 Å². The molecule has 1 N–H and O–H groups in total. The van der Waals surface area contributed by atoms with Crippen molar-refractivity contribution in [1.29, 1.82) is 0 Å². The molecule has 0 spiro atoms. The molecule has 0 fully saturated rings. The first-order chi connectivity index (χ1) is 9.58. The predicted molar refractivity (Wildman–Crippen MR) is 74.2 cm³/mol. The maximum absolute atomic E-state index is 12.1. The maximum Gasteiger partial charge on any atom is 0.573 e. The summed E-state index contributed by atoms with van der Waals surface area (Å²) < 4.78 is 45.6. The molecule has 1 aromatic carbocycles. The number of nitrogens with one attached hydrogen (secondary N) is 1. The number of carbonyl (C=O) groups excluding carboxylic acids is 1. The van der Waals surface area contributed by atoms with Gasteiger partial charge in [0.1, 0.15) is 11.5 Å². The van der Waals surface area contributed by atoms with Crippen LogP contribution in [-0.4, -0.2) is 24.4 Å². The predicted octanol–water partition coefficient (Wildman–Crippen LogP) is 3.64. The number of alkyl halides is 3. The molecule has 0 heterocycles. The molecule has 1 rings (SSSR count). The van der Waals surface area contributed by atoms with Crippen LogP contribution in [0.4, 0.5) is 13.2 Å². The normalized spacial score (nSPS) is 13.0. The lowest BCUT2D eigenvalue weighted by molar-refractivity contribution is -0.274. The molecule has 118 valence electrons. The third kappa shape index (κ3) is 6.24. The van der Waals surface area contributed by atoms with E-state index >= 15 is 0 Å². The molecular formula is C13H15BrF3NO3. The first-order valence-corrected chi connectivity index (χ1v) is 6.90. The Morgan fingerprint density at radius 2 is 1.90 bits per heavy atom. The van der Waals surface area contributed by atoms with Crippen LogP contribution in [0.2, 0.25) is 0 Å². The highest BCUT2D eigenvalue weighted by molar-refractivity contribution is 9.10. The van der Waals surface area contributed by atoms with Crippen molar-refractivity contribution in [1.82, 2.24) is 5.32 Å². The summed E-state index contributed by atoms with van der Waals surface area (Å²) in [6.07, 6.45) is -5.54. The Balaban J connectivity index is 2.73. The summed E-state index contributed by atoms with van der Waals surface area (Å²) in [7, 11) is 0. The lowest BCUT2D eigenvalue weighted by Gasteiger charge is -2.17. The van der Waals surface area contributed by atoms with Gasteiger partial charge in [-0.1, -0.05) is 0 Å². The monoisotopic (exact) mass is 369 g/mol. The Morgan fingerprint density at radius 1 is 1.29 bits per heavy atom. The first-order valence-electron chi connectivity index (χ1n) is 6.11. The molecule has 1 atom stereocenters. The number of rotatable bonds is 5. The lowest BCUT2D eigenvalue weighted by atomic mass is 10.3. The van der Waals surface area contributed by atoms with Crippen LogP contribution in [0.5, 0.6) is 11.5 Å². The molecule has 1 amide bonds. The smallest absolute Gasteiger partial charge is 0.481 e. The minimum atomic E-state index is -4.77. The van der Waals surface area contributed by atoms with E-state index < -0.39 is 12.5 Å². The molecule has 0 radical (unpaired) electrons. The van der Waals surface area contributed by atoms with Crippen LogP contribution < -0.4 is 14.8 Å². The van der Waals surface area contributed by atoms with Gasteiger partial charge in [0.05, 0.1) is 4.47 Å². The van der Waals surface area contributed by atoms with E-state index in [1.165, 1.54) is 12.1 Å². The molecule has 1 unspecified atom stereocenters. The summed E-state index contributed by atoms with van der Waals surface area (Å²) >= 11 is 2.96. The van der Waals surface area contributed by atoms with Crippen molar-refractivity contribution >= 4 is 21.8 Å². The van der Waals surface area contributed by atoms with Crippen molar-refractivity contribution in [3.05, 3.63) is 22.7 Å². The van der Waals surface area contributed by atoms with Gasteiger partial charge in [-0.05, 0) is 54.9 Å². The second-order valence-electron chi connectivity index (χ2n) is 4.56. The summed E-state index contributed by atoms with van der Waals surface area (Å²) in [6.45, 7) is 5.17. The Hall–Kier alpha value is -1.44. The zero-order valence-electron chi connectivity index (χ0n) is 11.6. The molecule has 1 aromatic rings. The van der Waals surface area contributed by atoms with E-state index in [2.05, 4.69) is 26.0 Å². The van der Waals surface area contributed by atoms with Gasteiger partial charge in [0.15, 0.2) is 6.10 Å². The zero-order chi connectivity index (χ0) is 16.2. The summed E-state index contributed by atoms with van der Waals surface area (Å²) in [5, 5.41) is 2.67. The molecule has 0 aliphatic heterocycles. The standard InChI is InChI=1S/C13H15BrF3NO3/c1-7(2)18-12(19)8(3)20-9-4-5-11(10(14)6-9)21-13(15,16)17/h4-8H,1-3H3,(H,18,19). The number of benzene rings is 1. The average Bonchev–Trinajstić information content (AvgIpc) is 2.30. The van der Waals surface area contributed by atoms with Crippen molar-refractivity contribution in [2.75, 3.05) is 0 Å². The Labute approximate surface area is 128 Å². The van der Waals surface area contributed by atoms with Crippen LogP contribution in [0.15, 0.2) is 22.7 Å². The van der Waals surface area contributed by atoms with Gasteiger partial charge in [-0.3, -0.25) is 4.79 Å². The van der Waals surface area contributed by atoms with Crippen LogP contribution >= 0.6 is 15.9 Å². The lowest BCUT2D eigenvalue weighted by Crippen LogP contribution is -2.40. The molecule has 0 bridgehead atoms. The maximum atomic E-state index is 12.1. The van der Waals surface area contributed by atoms with Gasteiger partial charge in [-0.25, -0.2) is 0 Å². The van der Waals surface area contributed by atoms with Gasteiger partial charge in [0.25, 0.3) is 5.91 Å². The number of hydrogen-bond donors (Lipinski definition) is 1. The molecule has 0 saturated heterocycles. The second-order valence-corrected chi connectivity index (χ2v) is 5.42. The highest BCUT2D eigenvalue weighted by Crippen LogP contribution is 2.33. The highest BCUT2D eigenvalue weighted by Gasteiger charge is 2.32. The first kappa shape index (κ1) is 17.6. The largest absolute Gasteiger partial charge is 0.573 e. The number of halogens is 4. The topological polar surface area (TPSA) is 47.6 Å². The molecule has 0 aromatic heterocycles. The third-order valence-corrected chi connectivity index (χ3v) is 2.86. The zero-order valence-corrected chi connectivity index (χ0v) is 13.2. The van der Waals surface area contributed by atoms with Gasteiger partial charge in [-0.15, -0.1) is 13.2 Å². The van der Waals surface area contributed by atoms with Gasteiger partial charge < -0.3 is 14.8 Å². The van der Waals surface area contributed by atoms with Crippen LogP contribution in [0.25, 0.3) is 0 Å². The van der Waals surface area contributed by atoms with Crippen LogP contribution in [0.3, 0.4) is 0 Å². The Morgan fingerprint density at radius 3 is 2.38 bits per heavy atom. The van der Waals surface area contributed by atoms with Crippen molar-refractivity contribution in [2.24, 2.45) is 0 Å². The third-order valence-electron chi connectivity index (χ3n) is 2.24. The molecule has 21 heavy (non-hydrogen) atoms. The van der Waals surface area contributed by atoms with Crippen molar-refractivity contribution < 1.29 is 27.4 Å². The van der Waals surface area contributed by atoms with Gasteiger partial charge in [0, 0.05) is 6.04 Å². The van der Waals surface area contributed by atoms with Gasteiger partial charge in [-0.2, -0.15) is 0 Å². The number of ether oxygens (including phenoxy) is 2. The quantitative estimate of drug-likeness (QED) is 0.861. The summed E-state index contributed by atoms with van der Waals surface area (Å²) in [5.74, 6) is -0.436. The van der Waals surface area contributed by atoms with E-state index in [1.54, 1.807) is 6.92 Å². The average molecular weight is 370 g/mol. The van der Waals surface area contributed by atoms with Crippen LogP contribution in [0.1, 0.15) is 20.8 Å². The summed E-state index contributed by atoms with van der Waals surface area (Å²) in [4.78, 5) is 11.7. The molecular weight excluding hydrogens is 355 g/mol. The van der Waals surface area contributed by atoms with E-state index in [1.807, 2.05) is 13.8 Å². The van der Waals surface area contributed by atoms with Gasteiger partial charge in [0.2, 0.25) is 0 Å². The molecule has 4 nitrogen and oxygen atoms in total. The highest BCUT2D eigenvalue weighted by atomic mass is 79.9. The SMILES string of the molecule is CC(C)NC(=O)C(C)Oc1ccc(OC(F)(F)F)c(Br)c1. The van der Waals surface area contributed by atoms with Crippen molar-refractivity contribution in [3.63, 3.8) is 0 Å². The molecule has 0 saturated carbocycles. The second kappa shape index (κ2) is 7.02. The fourth-order valence-electron chi connectivity index (χ4n) is 1.42.